The van der Waals surface area contributed by atoms with Crippen LogP contribution >= 0.6 is 0 Å². The first-order valence-corrected chi connectivity index (χ1v) is 4.81. The Labute approximate surface area is 91.9 Å². The third-order valence-electron chi connectivity index (χ3n) is 2.07. The molecule has 1 heterocycles. The summed E-state index contributed by atoms with van der Waals surface area (Å²) in [5, 5.41) is 0. The molecule has 0 fully saturated rings. The molecule has 0 saturated carbocycles. The van der Waals surface area contributed by atoms with Crippen LogP contribution in [0.2, 0.25) is 0 Å². The first kappa shape index (κ1) is 10.4. The summed E-state index contributed by atoms with van der Waals surface area (Å²) in [4.78, 5) is 17.7. The third-order valence-corrected chi connectivity index (χ3v) is 2.07. The van der Waals surface area contributed by atoms with Gasteiger partial charge in [-0.1, -0.05) is 18.2 Å². The van der Waals surface area contributed by atoms with Crippen LogP contribution in [0, 0.1) is 0 Å². The minimum absolute atomic E-state index is 0.0170. The second-order valence-corrected chi connectivity index (χ2v) is 3.14. The van der Waals surface area contributed by atoms with E-state index in [-0.39, 0.29) is 11.4 Å². The van der Waals surface area contributed by atoms with Gasteiger partial charge in [0, 0.05) is 24.5 Å². The lowest BCUT2D eigenvalue weighted by molar-refractivity contribution is 0.449. The van der Waals surface area contributed by atoms with E-state index in [0.29, 0.717) is 12.3 Å². The number of nitrogens with zero attached hydrogens (tertiary/aromatic N) is 1. The summed E-state index contributed by atoms with van der Waals surface area (Å²) in [6.07, 6.45) is 2.91. The molecule has 5 heteroatoms. The van der Waals surface area contributed by atoms with Crippen molar-refractivity contribution in [3.05, 3.63) is 52.6 Å². The van der Waals surface area contributed by atoms with E-state index in [9.17, 15) is 4.79 Å². The van der Waals surface area contributed by atoms with E-state index in [1.54, 1.807) is 6.07 Å². The highest BCUT2D eigenvalue weighted by Crippen LogP contribution is 2.20. The molecule has 0 atom stereocenters. The lowest BCUT2D eigenvalue weighted by Crippen LogP contribution is -2.10. The Kier molecular flexibility index (Phi) is 2.98. The molecular weight excluding hydrogens is 206 g/mol. The van der Waals surface area contributed by atoms with Crippen molar-refractivity contribution in [1.29, 1.82) is 0 Å². The van der Waals surface area contributed by atoms with Crippen molar-refractivity contribution in [2.75, 3.05) is 0 Å². The Morgan fingerprint density at radius 2 is 2.19 bits per heavy atom. The molecule has 0 aliphatic rings. The fraction of sp³-hybridized carbons (Fsp3) is 0.0909. The number of H-pyrrole nitrogens is 1. The number of para-hydroxylation sites is 1. The van der Waals surface area contributed by atoms with E-state index in [1.165, 1.54) is 12.4 Å². The summed E-state index contributed by atoms with van der Waals surface area (Å²) >= 11 is 0. The molecule has 1 aromatic heterocycles. The predicted octanol–water partition coefficient (Wildman–Crippen LogP) is 1.02. The minimum Gasteiger partial charge on any atom is -0.434 e. The number of hydrogen-bond acceptors (Lipinski definition) is 4. The molecule has 3 N–H and O–H groups in total. The van der Waals surface area contributed by atoms with Crippen molar-refractivity contribution in [1.82, 2.24) is 9.97 Å². The maximum atomic E-state index is 11.3. The van der Waals surface area contributed by atoms with Crippen LogP contribution in [0.4, 0.5) is 0 Å². The van der Waals surface area contributed by atoms with Crippen LogP contribution in [0.25, 0.3) is 0 Å². The van der Waals surface area contributed by atoms with Gasteiger partial charge in [-0.25, -0.2) is 4.98 Å². The van der Waals surface area contributed by atoms with Crippen molar-refractivity contribution >= 4 is 0 Å². The summed E-state index contributed by atoms with van der Waals surface area (Å²) in [5.74, 6) is 0.567. The standard InChI is InChI=1S/C11H11N3O2/c12-7-8-3-1-2-4-9(8)16-11-10(15)13-5-6-14-11/h1-6H,7,12H2,(H,13,15). The first-order chi connectivity index (χ1) is 7.81. The molecule has 1 aromatic carbocycles. The van der Waals surface area contributed by atoms with Crippen molar-refractivity contribution in [3.8, 4) is 11.6 Å². The number of nitrogens with one attached hydrogen (secondary N) is 1. The van der Waals surface area contributed by atoms with Crippen LogP contribution in [-0.2, 0) is 6.54 Å². The summed E-state index contributed by atoms with van der Waals surface area (Å²) in [7, 11) is 0. The maximum absolute atomic E-state index is 11.3. The largest absolute Gasteiger partial charge is 0.434 e. The Morgan fingerprint density at radius 1 is 1.38 bits per heavy atom. The number of aromatic nitrogens is 2. The molecule has 0 radical (unpaired) electrons. The van der Waals surface area contributed by atoms with E-state index in [1.807, 2.05) is 18.2 Å². The van der Waals surface area contributed by atoms with Crippen LogP contribution < -0.4 is 16.0 Å². The normalized spacial score (nSPS) is 10.1. The molecule has 0 bridgehead atoms. The van der Waals surface area contributed by atoms with Gasteiger partial charge < -0.3 is 15.5 Å². The average Bonchev–Trinajstić information content (AvgIpc) is 2.33. The number of hydrogen-bond donors (Lipinski definition) is 2. The van der Waals surface area contributed by atoms with Crippen molar-refractivity contribution in [2.24, 2.45) is 5.73 Å². The zero-order valence-electron chi connectivity index (χ0n) is 8.51. The van der Waals surface area contributed by atoms with Gasteiger partial charge >= 0.3 is 5.56 Å². The predicted molar refractivity (Wildman–Crippen MR) is 59.3 cm³/mol. The fourth-order valence-electron chi connectivity index (χ4n) is 1.29. The highest BCUT2D eigenvalue weighted by molar-refractivity contribution is 5.35. The molecular formula is C11H11N3O2. The van der Waals surface area contributed by atoms with E-state index >= 15 is 0 Å². The van der Waals surface area contributed by atoms with E-state index in [4.69, 9.17) is 10.5 Å². The van der Waals surface area contributed by atoms with E-state index in [0.717, 1.165) is 5.56 Å². The number of aromatic amines is 1. The second kappa shape index (κ2) is 4.59. The highest BCUT2D eigenvalue weighted by Gasteiger charge is 2.06. The van der Waals surface area contributed by atoms with Crippen molar-refractivity contribution in [2.45, 2.75) is 6.54 Å². The molecule has 0 saturated heterocycles. The highest BCUT2D eigenvalue weighted by atomic mass is 16.5. The quantitative estimate of drug-likeness (QED) is 0.804. The molecule has 82 valence electrons. The van der Waals surface area contributed by atoms with Gasteiger partial charge in [-0.2, -0.15) is 0 Å². The van der Waals surface area contributed by atoms with E-state index in [2.05, 4.69) is 9.97 Å². The smallest absolute Gasteiger partial charge is 0.311 e. The van der Waals surface area contributed by atoms with Gasteiger partial charge in [-0.05, 0) is 6.07 Å². The molecule has 0 unspecified atom stereocenters. The van der Waals surface area contributed by atoms with Crippen LogP contribution in [0.15, 0.2) is 41.5 Å². The van der Waals surface area contributed by atoms with Gasteiger partial charge in [0.25, 0.3) is 5.88 Å². The van der Waals surface area contributed by atoms with Gasteiger partial charge in [-0.3, -0.25) is 4.79 Å². The monoisotopic (exact) mass is 217 g/mol. The zero-order chi connectivity index (χ0) is 11.4. The van der Waals surface area contributed by atoms with Gasteiger partial charge in [0.2, 0.25) is 0 Å². The lowest BCUT2D eigenvalue weighted by Gasteiger charge is -2.07. The van der Waals surface area contributed by atoms with Crippen LogP contribution in [0.3, 0.4) is 0 Å². The summed E-state index contributed by atoms with van der Waals surface area (Å²) in [6, 6.07) is 7.26. The van der Waals surface area contributed by atoms with Gasteiger partial charge in [0.1, 0.15) is 5.75 Å². The lowest BCUT2D eigenvalue weighted by atomic mass is 10.2. The van der Waals surface area contributed by atoms with Gasteiger partial charge in [0.05, 0.1) is 0 Å². The topological polar surface area (TPSA) is 81.0 Å². The number of nitrogens with two attached hydrogens (primary N) is 1. The Morgan fingerprint density at radius 3 is 2.94 bits per heavy atom. The van der Waals surface area contributed by atoms with Gasteiger partial charge in [-0.15, -0.1) is 0 Å². The van der Waals surface area contributed by atoms with Crippen LogP contribution in [0.1, 0.15) is 5.56 Å². The Hall–Kier alpha value is -2.14. The maximum Gasteiger partial charge on any atom is 0.311 e. The molecule has 0 amide bonds. The molecule has 0 spiro atoms. The van der Waals surface area contributed by atoms with Gasteiger partial charge in [0.15, 0.2) is 0 Å². The molecule has 16 heavy (non-hydrogen) atoms. The van der Waals surface area contributed by atoms with Crippen molar-refractivity contribution < 1.29 is 4.74 Å². The molecule has 2 rings (SSSR count). The van der Waals surface area contributed by atoms with Crippen LogP contribution in [-0.4, -0.2) is 9.97 Å². The number of ether oxygens (including phenoxy) is 1. The Bertz CT molecular complexity index is 537. The minimum atomic E-state index is -0.366. The second-order valence-electron chi connectivity index (χ2n) is 3.14. The fourth-order valence-corrected chi connectivity index (χ4v) is 1.29. The summed E-state index contributed by atoms with van der Waals surface area (Å²) in [6.45, 7) is 0.348. The SMILES string of the molecule is NCc1ccccc1Oc1ncc[nH]c1=O. The molecule has 2 aromatic rings. The first-order valence-electron chi connectivity index (χ1n) is 4.81. The Balaban J connectivity index is 2.34. The van der Waals surface area contributed by atoms with Crippen LogP contribution in [0.5, 0.6) is 11.6 Å². The van der Waals surface area contributed by atoms with E-state index < -0.39 is 0 Å². The molecule has 0 aliphatic carbocycles. The van der Waals surface area contributed by atoms with Crippen molar-refractivity contribution in [3.63, 3.8) is 0 Å². The third kappa shape index (κ3) is 2.09. The number of rotatable bonds is 3. The molecule has 0 aliphatic heterocycles. The zero-order valence-corrected chi connectivity index (χ0v) is 8.51. The number of benzene rings is 1. The summed E-state index contributed by atoms with van der Waals surface area (Å²) in [5.41, 5.74) is 6.02. The summed E-state index contributed by atoms with van der Waals surface area (Å²) < 4.78 is 5.40. The molecule has 5 nitrogen and oxygen atoms in total. The average molecular weight is 217 g/mol.